The molecule has 8 heteroatoms. The first kappa shape index (κ1) is 28.8. The molecule has 0 aromatic heterocycles. The summed E-state index contributed by atoms with van der Waals surface area (Å²) in [6.45, 7) is 3.76. The molecule has 1 aliphatic rings. The van der Waals surface area contributed by atoms with Crippen molar-refractivity contribution in [1.82, 2.24) is 10.2 Å². The highest BCUT2D eigenvalue weighted by Gasteiger charge is 2.31. The van der Waals surface area contributed by atoms with Gasteiger partial charge in [0.25, 0.3) is 0 Å². The molecule has 1 heterocycles. The number of nitrogens with one attached hydrogen (secondary N) is 1. The Morgan fingerprint density at radius 3 is 2.36 bits per heavy atom. The summed E-state index contributed by atoms with van der Waals surface area (Å²) in [6, 6.07) is 20.0. The molecule has 0 aliphatic carbocycles. The topological polar surface area (TPSA) is 67.9 Å². The van der Waals surface area contributed by atoms with Crippen molar-refractivity contribution in [3.05, 3.63) is 93.5 Å². The minimum Gasteiger partial charge on any atom is -0.486 e. The summed E-state index contributed by atoms with van der Waals surface area (Å²) in [4.78, 5) is 29.1. The van der Waals surface area contributed by atoms with Crippen LogP contribution in [0.5, 0.6) is 11.5 Å². The summed E-state index contributed by atoms with van der Waals surface area (Å²) < 4.78 is 11.3. The quantitative estimate of drug-likeness (QED) is 0.262. The number of amides is 2. The molecule has 0 spiro atoms. The third kappa shape index (κ3) is 7.90. The van der Waals surface area contributed by atoms with Gasteiger partial charge in [0.05, 0.1) is 0 Å². The Kier molecular flexibility index (Phi) is 10.5. The van der Waals surface area contributed by atoms with Crippen molar-refractivity contribution >= 4 is 35.0 Å². The van der Waals surface area contributed by atoms with E-state index in [4.69, 9.17) is 32.7 Å². The molecule has 3 aromatic rings. The Labute approximate surface area is 240 Å². The molecule has 1 unspecified atom stereocenters. The number of carbonyl (C=O) groups is 2. The molecule has 0 fully saturated rings. The first-order valence-electron chi connectivity index (χ1n) is 13.4. The van der Waals surface area contributed by atoms with E-state index in [9.17, 15) is 9.59 Å². The van der Waals surface area contributed by atoms with E-state index in [0.717, 1.165) is 24.0 Å². The highest BCUT2D eigenvalue weighted by molar-refractivity contribution is 6.36. The van der Waals surface area contributed by atoms with Gasteiger partial charge < -0.3 is 19.7 Å². The number of ether oxygens (including phenoxy) is 2. The monoisotopic (exact) mass is 568 g/mol. The van der Waals surface area contributed by atoms with Gasteiger partial charge in [-0.25, -0.2) is 0 Å². The number of benzene rings is 3. The van der Waals surface area contributed by atoms with E-state index >= 15 is 0 Å². The molecule has 2 amide bonds. The van der Waals surface area contributed by atoms with Crippen LogP contribution in [0.4, 0.5) is 0 Å². The molecule has 39 heavy (non-hydrogen) atoms. The average molecular weight is 570 g/mol. The van der Waals surface area contributed by atoms with Gasteiger partial charge in [0.2, 0.25) is 11.8 Å². The standard InChI is InChI=1S/C31H34Cl2N2O4/c1-2-3-16-34-31(37)27(19-22-8-5-4-6-9-22)35(21-24-25(32)10-7-11-26(24)33)30(36)15-13-23-12-14-28-29(20-23)39-18-17-38-28/h4-12,14,20,27H,2-3,13,15-19,21H2,1H3,(H,34,37). The van der Waals surface area contributed by atoms with Gasteiger partial charge >= 0.3 is 0 Å². The van der Waals surface area contributed by atoms with Crippen molar-refractivity contribution < 1.29 is 19.1 Å². The van der Waals surface area contributed by atoms with Gasteiger partial charge in [-0.15, -0.1) is 0 Å². The zero-order chi connectivity index (χ0) is 27.6. The second kappa shape index (κ2) is 14.2. The SMILES string of the molecule is CCCCNC(=O)C(Cc1ccccc1)N(Cc1c(Cl)cccc1Cl)C(=O)CCc1ccc2c(c1)OCCO2. The number of aryl methyl sites for hydroxylation is 1. The van der Waals surface area contributed by atoms with Crippen molar-refractivity contribution in [1.29, 1.82) is 0 Å². The van der Waals surface area contributed by atoms with Crippen LogP contribution >= 0.6 is 23.2 Å². The van der Waals surface area contributed by atoms with Crippen molar-refractivity contribution in [3.63, 3.8) is 0 Å². The zero-order valence-corrected chi connectivity index (χ0v) is 23.6. The van der Waals surface area contributed by atoms with E-state index in [2.05, 4.69) is 12.2 Å². The summed E-state index contributed by atoms with van der Waals surface area (Å²) in [5.74, 6) is 1.04. The maximum Gasteiger partial charge on any atom is 0.243 e. The lowest BCUT2D eigenvalue weighted by molar-refractivity contribution is -0.141. The van der Waals surface area contributed by atoms with E-state index in [1.807, 2.05) is 48.5 Å². The van der Waals surface area contributed by atoms with Crippen LogP contribution in [0, 0.1) is 0 Å². The van der Waals surface area contributed by atoms with Crippen molar-refractivity contribution in [3.8, 4) is 11.5 Å². The fraction of sp³-hybridized carbons (Fsp3) is 0.355. The fourth-order valence-corrected chi connectivity index (χ4v) is 5.07. The van der Waals surface area contributed by atoms with Gasteiger partial charge in [-0.2, -0.15) is 0 Å². The van der Waals surface area contributed by atoms with Crippen molar-refractivity contribution in [2.24, 2.45) is 0 Å². The lowest BCUT2D eigenvalue weighted by Gasteiger charge is -2.32. The zero-order valence-electron chi connectivity index (χ0n) is 22.1. The lowest BCUT2D eigenvalue weighted by atomic mass is 10.0. The van der Waals surface area contributed by atoms with Crippen LogP contribution in [-0.4, -0.2) is 42.5 Å². The maximum absolute atomic E-state index is 13.9. The van der Waals surface area contributed by atoms with E-state index in [1.54, 1.807) is 23.1 Å². The van der Waals surface area contributed by atoms with Crippen LogP contribution in [-0.2, 0) is 29.0 Å². The predicted octanol–water partition coefficient (Wildman–Crippen LogP) is 6.25. The molecule has 0 saturated heterocycles. The second-order valence-corrected chi connectivity index (χ2v) is 10.4. The van der Waals surface area contributed by atoms with E-state index in [1.165, 1.54) is 0 Å². The first-order valence-corrected chi connectivity index (χ1v) is 14.1. The second-order valence-electron chi connectivity index (χ2n) is 9.55. The number of unbranched alkanes of at least 4 members (excludes halogenated alkanes) is 1. The van der Waals surface area contributed by atoms with Gasteiger partial charge in [0, 0.05) is 41.5 Å². The largest absolute Gasteiger partial charge is 0.486 e. The predicted molar refractivity (Wildman–Crippen MR) is 155 cm³/mol. The van der Waals surface area contributed by atoms with Gasteiger partial charge in [-0.3, -0.25) is 9.59 Å². The number of hydrogen-bond acceptors (Lipinski definition) is 4. The molecule has 0 bridgehead atoms. The normalized spacial score (nSPS) is 13.0. The summed E-state index contributed by atoms with van der Waals surface area (Å²) in [5, 5.41) is 3.94. The third-order valence-electron chi connectivity index (χ3n) is 6.72. The summed E-state index contributed by atoms with van der Waals surface area (Å²) >= 11 is 13.0. The van der Waals surface area contributed by atoms with Gasteiger partial charge in [-0.1, -0.05) is 79.0 Å². The Balaban J connectivity index is 1.61. The van der Waals surface area contributed by atoms with Crippen LogP contribution in [0.25, 0.3) is 0 Å². The highest BCUT2D eigenvalue weighted by atomic mass is 35.5. The Hall–Kier alpha value is -3.22. The summed E-state index contributed by atoms with van der Waals surface area (Å²) in [7, 11) is 0. The Morgan fingerprint density at radius 2 is 1.64 bits per heavy atom. The number of fused-ring (bicyclic) bond motifs is 1. The minimum absolute atomic E-state index is 0.122. The molecular formula is C31H34Cl2N2O4. The lowest BCUT2D eigenvalue weighted by Crippen LogP contribution is -2.50. The smallest absolute Gasteiger partial charge is 0.243 e. The van der Waals surface area contributed by atoms with Crippen LogP contribution in [0.3, 0.4) is 0 Å². The van der Waals surface area contributed by atoms with Gasteiger partial charge in [-0.05, 0) is 48.2 Å². The van der Waals surface area contributed by atoms with Crippen LogP contribution in [0.1, 0.15) is 42.9 Å². The number of carbonyl (C=O) groups excluding carboxylic acids is 2. The fourth-order valence-electron chi connectivity index (χ4n) is 4.55. The molecule has 1 aliphatic heterocycles. The van der Waals surface area contributed by atoms with Crippen molar-refractivity contribution in [2.45, 2.75) is 51.6 Å². The molecule has 6 nitrogen and oxygen atoms in total. The number of rotatable bonds is 12. The molecule has 1 N–H and O–H groups in total. The summed E-state index contributed by atoms with van der Waals surface area (Å²) in [5.41, 5.74) is 2.53. The minimum atomic E-state index is -0.732. The number of halogens is 2. The van der Waals surface area contributed by atoms with Crippen LogP contribution < -0.4 is 14.8 Å². The molecular weight excluding hydrogens is 535 g/mol. The molecule has 0 saturated carbocycles. The van der Waals surface area contributed by atoms with Gasteiger partial charge in [0.15, 0.2) is 11.5 Å². The molecule has 0 radical (unpaired) electrons. The summed E-state index contributed by atoms with van der Waals surface area (Å²) in [6.07, 6.45) is 2.87. The molecule has 1 atom stereocenters. The molecule has 3 aromatic carbocycles. The number of nitrogens with zero attached hydrogens (tertiary/aromatic N) is 1. The van der Waals surface area contributed by atoms with Crippen LogP contribution in [0.15, 0.2) is 66.7 Å². The van der Waals surface area contributed by atoms with Crippen molar-refractivity contribution in [2.75, 3.05) is 19.8 Å². The molecule has 4 rings (SSSR count). The maximum atomic E-state index is 13.9. The first-order chi connectivity index (χ1) is 19.0. The molecule has 206 valence electrons. The van der Waals surface area contributed by atoms with Crippen LogP contribution in [0.2, 0.25) is 10.0 Å². The third-order valence-corrected chi connectivity index (χ3v) is 7.43. The average Bonchev–Trinajstić information content (AvgIpc) is 2.95. The number of hydrogen-bond donors (Lipinski definition) is 1. The Morgan fingerprint density at radius 1 is 0.923 bits per heavy atom. The highest BCUT2D eigenvalue weighted by Crippen LogP contribution is 2.32. The van der Waals surface area contributed by atoms with Gasteiger partial charge in [0.1, 0.15) is 19.3 Å². The van der Waals surface area contributed by atoms with E-state index in [-0.39, 0.29) is 24.8 Å². The van der Waals surface area contributed by atoms with E-state index < -0.39 is 6.04 Å². The van der Waals surface area contributed by atoms with E-state index in [0.29, 0.717) is 59.7 Å². The Bertz CT molecular complexity index is 1250.